The molecule has 406 valence electrons. The van der Waals surface area contributed by atoms with Crippen LogP contribution in [0.15, 0.2) is 97.2 Å². The van der Waals surface area contributed by atoms with Crippen LogP contribution in [-0.2, 0) is 28.6 Å². The van der Waals surface area contributed by atoms with Crippen LogP contribution in [0.5, 0.6) is 0 Å². The molecule has 0 aliphatic carbocycles. The summed E-state index contributed by atoms with van der Waals surface area (Å²) in [6.07, 6.45) is 78.2. The standard InChI is InChI=1S/C65H110O6/c1-4-7-10-13-16-19-22-24-26-28-29-30-31-32-33-34-35-37-38-40-43-46-49-52-55-58-64(67)70-61-62(60-69-63(66)57-54-51-48-45-42-21-18-15-12-9-6-3)71-65(68)59-56-53-50-47-44-41-39-36-27-25-23-20-17-14-11-8-5-2/h7,10,16-17,19-20,24-27,29-30,32-33,35,37,62H,4-6,8-9,11-15,18,21-23,28,31,34,36,38-61H2,1-3H3/b10-7-,19-16-,20-17-,26-24-,27-25-,30-29-,33-32-,37-35-. The summed E-state index contributed by atoms with van der Waals surface area (Å²) in [5, 5.41) is 0. The zero-order valence-electron chi connectivity index (χ0n) is 46.5. The lowest BCUT2D eigenvalue weighted by atomic mass is 10.1. The third kappa shape index (κ3) is 57.1. The van der Waals surface area contributed by atoms with Gasteiger partial charge in [0.1, 0.15) is 13.2 Å². The smallest absolute Gasteiger partial charge is 0.306 e. The Bertz CT molecular complexity index is 1410. The van der Waals surface area contributed by atoms with Gasteiger partial charge in [-0.1, -0.05) is 253 Å². The predicted molar refractivity (Wildman–Crippen MR) is 307 cm³/mol. The Kier molecular flexibility index (Phi) is 55.9. The van der Waals surface area contributed by atoms with E-state index in [0.717, 1.165) is 122 Å². The minimum Gasteiger partial charge on any atom is -0.462 e. The molecular formula is C65H110O6. The second kappa shape index (κ2) is 58.9. The van der Waals surface area contributed by atoms with E-state index in [9.17, 15) is 14.4 Å². The van der Waals surface area contributed by atoms with Crippen LogP contribution in [-0.4, -0.2) is 37.2 Å². The average molecular weight is 988 g/mol. The summed E-state index contributed by atoms with van der Waals surface area (Å²) in [4.78, 5) is 38.2. The van der Waals surface area contributed by atoms with E-state index in [0.29, 0.717) is 19.3 Å². The molecule has 0 aromatic heterocycles. The number of hydrogen-bond donors (Lipinski definition) is 0. The first-order valence-corrected chi connectivity index (χ1v) is 29.7. The maximum Gasteiger partial charge on any atom is 0.306 e. The van der Waals surface area contributed by atoms with Crippen LogP contribution in [0.2, 0.25) is 0 Å². The Labute approximate surface area is 438 Å². The Morgan fingerprint density at radius 3 is 0.887 bits per heavy atom. The highest BCUT2D eigenvalue weighted by atomic mass is 16.6. The number of rotatable bonds is 53. The zero-order chi connectivity index (χ0) is 51.4. The molecule has 6 heteroatoms. The van der Waals surface area contributed by atoms with Crippen LogP contribution in [0, 0.1) is 0 Å². The van der Waals surface area contributed by atoms with Crippen LogP contribution in [0.4, 0.5) is 0 Å². The van der Waals surface area contributed by atoms with Crippen LogP contribution < -0.4 is 0 Å². The molecule has 0 aliphatic heterocycles. The summed E-state index contributed by atoms with van der Waals surface area (Å²) in [6, 6.07) is 0. The molecule has 0 bridgehead atoms. The van der Waals surface area contributed by atoms with Crippen LogP contribution in [0.25, 0.3) is 0 Å². The van der Waals surface area contributed by atoms with Gasteiger partial charge in [0.25, 0.3) is 0 Å². The SMILES string of the molecule is CC/C=C\C/C=C\C/C=C\C/C=C\C/C=C\C/C=C\CCCCCCCCC(=O)OCC(COC(=O)CCCCCCCCCCCCC)OC(=O)CCCCCCCCC/C=C\C/C=C\CCCCC. The molecule has 0 heterocycles. The van der Waals surface area contributed by atoms with Gasteiger partial charge >= 0.3 is 17.9 Å². The normalized spacial score (nSPS) is 12.8. The number of allylic oxidation sites excluding steroid dienone is 16. The van der Waals surface area contributed by atoms with E-state index in [2.05, 4.69) is 118 Å². The van der Waals surface area contributed by atoms with Gasteiger partial charge < -0.3 is 14.2 Å². The van der Waals surface area contributed by atoms with Crippen molar-refractivity contribution in [3.05, 3.63) is 97.2 Å². The Hall–Kier alpha value is -3.67. The van der Waals surface area contributed by atoms with Crippen LogP contribution in [0.1, 0.15) is 278 Å². The lowest BCUT2D eigenvalue weighted by Crippen LogP contribution is -2.30. The Balaban J connectivity index is 4.35. The second-order valence-electron chi connectivity index (χ2n) is 19.5. The topological polar surface area (TPSA) is 78.9 Å². The predicted octanol–water partition coefficient (Wildman–Crippen LogP) is 20.1. The zero-order valence-corrected chi connectivity index (χ0v) is 46.5. The van der Waals surface area contributed by atoms with Crippen molar-refractivity contribution in [3.8, 4) is 0 Å². The molecule has 0 aromatic carbocycles. The lowest BCUT2D eigenvalue weighted by molar-refractivity contribution is -0.167. The minimum absolute atomic E-state index is 0.0839. The van der Waals surface area contributed by atoms with Gasteiger partial charge in [0.05, 0.1) is 0 Å². The van der Waals surface area contributed by atoms with E-state index >= 15 is 0 Å². The molecule has 1 unspecified atom stereocenters. The molecule has 0 fully saturated rings. The number of carbonyl (C=O) groups excluding carboxylic acids is 3. The van der Waals surface area contributed by atoms with Crippen LogP contribution in [0.3, 0.4) is 0 Å². The van der Waals surface area contributed by atoms with E-state index in [-0.39, 0.29) is 31.1 Å². The Morgan fingerprint density at radius 1 is 0.296 bits per heavy atom. The fourth-order valence-corrected chi connectivity index (χ4v) is 8.12. The van der Waals surface area contributed by atoms with Crippen molar-refractivity contribution < 1.29 is 28.6 Å². The number of carbonyl (C=O) groups is 3. The van der Waals surface area contributed by atoms with Crippen molar-refractivity contribution in [2.24, 2.45) is 0 Å². The first-order chi connectivity index (χ1) is 35.0. The molecule has 0 radical (unpaired) electrons. The third-order valence-electron chi connectivity index (χ3n) is 12.6. The largest absolute Gasteiger partial charge is 0.462 e. The molecule has 0 aromatic rings. The highest BCUT2D eigenvalue weighted by Crippen LogP contribution is 2.15. The summed E-state index contributed by atoms with van der Waals surface area (Å²) in [5.74, 6) is -0.903. The summed E-state index contributed by atoms with van der Waals surface area (Å²) >= 11 is 0. The number of esters is 3. The highest BCUT2D eigenvalue weighted by Gasteiger charge is 2.19. The summed E-state index contributed by atoms with van der Waals surface area (Å²) in [7, 11) is 0. The fourth-order valence-electron chi connectivity index (χ4n) is 8.12. The van der Waals surface area contributed by atoms with Gasteiger partial charge in [-0.15, -0.1) is 0 Å². The van der Waals surface area contributed by atoms with Gasteiger partial charge in [-0.25, -0.2) is 0 Å². The lowest BCUT2D eigenvalue weighted by Gasteiger charge is -2.18. The maximum atomic E-state index is 12.9. The van der Waals surface area contributed by atoms with Crippen LogP contribution >= 0.6 is 0 Å². The van der Waals surface area contributed by atoms with Crippen molar-refractivity contribution in [3.63, 3.8) is 0 Å². The number of unbranched alkanes of at least 4 members (excludes halogenated alkanes) is 26. The summed E-state index contributed by atoms with van der Waals surface area (Å²) in [5.41, 5.74) is 0. The molecule has 0 amide bonds. The van der Waals surface area contributed by atoms with Gasteiger partial charge in [0.2, 0.25) is 0 Å². The molecule has 6 nitrogen and oxygen atoms in total. The molecule has 71 heavy (non-hydrogen) atoms. The van der Waals surface area contributed by atoms with E-state index in [1.807, 2.05) is 0 Å². The monoisotopic (exact) mass is 987 g/mol. The van der Waals surface area contributed by atoms with Crippen molar-refractivity contribution in [1.82, 2.24) is 0 Å². The molecule has 0 saturated carbocycles. The average Bonchev–Trinajstić information content (AvgIpc) is 3.37. The molecule has 0 aliphatic rings. The number of hydrogen-bond acceptors (Lipinski definition) is 6. The molecule has 1 atom stereocenters. The van der Waals surface area contributed by atoms with E-state index in [4.69, 9.17) is 14.2 Å². The molecule has 0 spiro atoms. The quantitative estimate of drug-likeness (QED) is 0.0261. The fraction of sp³-hybridized carbons (Fsp3) is 0.708. The van der Waals surface area contributed by atoms with Crippen molar-refractivity contribution in [1.29, 1.82) is 0 Å². The Morgan fingerprint density at radius 2 is 0.549 bits per heavy atom. The van der Waals surface area contributed by atoms with Gasteiger partial charge in [-0.3, -0.25) is 14.4 Å². The van der Waals surface area contributed by atoms with E-state index in [1.165, 1.54) is 116 Å². The molecule has 0 N–H and O–H groups in total. The van der Waals surface area contributed by atoms with Crippen molar-refractivity contribution in [2.75, 3.05) is 13.2 Å². The summed E-state index contributed by atoms with van der Waals surface area (Å²) < 4.78 is 16.9. The van der Waals surface area contributed by atoms with Gasteiger partial charge in [0, 0.05) is 19.3 Å². The maximum absolute atomic E-state index is 12.9. The first kappa shape index (κ1) is 67.3. The number of ether oxygens (including phenoxy) is 3. The van der Waals surface area contributed by atoms with Gasteiger partial charge in [0.15, 0.2) is 6.10 Å². The van der Waals surface area contributed by atoms with Gasteiger partial charge in [-0.05, 0) is 103 Å². The van der Waals surface area contributed by atoms with E-state index in [1.54, 1.807) is 0 Å². The minimum atomic E-state index is -0.787. The third-order valence-corrected chi connectivity index (χ3v) is 12.6. The summed E-state index contributed by atoms with van der Waals surface area (Å²) in [6.45, 7) is 6.49. The first-order valence-electron chi connectivity index (χ1n) is 29.7. The molecule has 0 rings (SSSR count). The van der Waals surface area contributed by atoms with E-state index < -0.39 is 6.10 Å². The second-order valence-corrected chi connectivity index (χ2v) is 19.5. The van der Waals surface area contributed by atoms with Gasteiger partial charge in [-0.2, -0.15) is 0 Å². The molecular weight excluding hydrogens is 877 g/mol. The highest BCUT2D eigenvalue weighted by molar-refractivity contribution is 5.71. The molecule has 0 saturated heterocycles. The van der Waals surface area contributed by atoms with Crippen molar-refractivity contribution >= 4 is 17.9 Å². The van der Waals surface area contributed by atoms with Crippen molar-refractivity contribution in [2.45, 2.75) is 284 Å².